The summed E-state index contributed by atoms with van der Waals surface area (Å²) in [6.45, 7) is 7.91. The van der Waals surface area contributed by atoms with E-state index in [1.165, 1.54) is 179 Å². The number of nitrogens with two attached hydrogens (primary N) is 4. The number of amides is 5. The number of nitrogens with one attached hydrogen (secondary N) is 5. The molecule has 14 N–H and O–H groups in total. The molecular formula is C78H151N9O11S. The van der Waals surface area contributed by atoms with Crippen LogP contribution in [0.4, 0.5) is 0 Å². The molecule has 0 aromatic rings. The number of carboxylic acid groups (broad SMARTS) is 1. The highest BCUT2D eigenvalue weighted by Crippen LogP contribution is 2.20. The number of carbonyl (C=O) groups excluding carboxylic acids is 7. The second kappa shape index (κ2) is 71.0. The van der Waals surface area contributed by atoms with Crippen LogP contribution in [-0.2, 0) is 47.8 Å². The molecule has 580 valence electrons. The van der Waals surface area contributed by atoms with Gasteiger partial charge in [-0.1, -0.05) is 252 Å². The van der Waals surface area contributed by atoms with E-state index >= 15 is 0 Å². The van der Waals surface area contributed by atoms with Gasteiger partial charge in [0.15, 0.2) is 0 Å². The van der Waals surface area contributed by atoms with Crippen LogP contribution in [0, 0.1) is 0 Å². The Morgan fingerprint density at radius 1 is 0.313 bits per heavy atom. The Hall–Kier alpha value is -4.05. The molecule has 0 rings (SSSR count). The summed E-state index contributed by atoms with van der Waals surface area (Å²) in [4.78, 5) is 110. The van der Waals surface area contributed by atoms with Gasteiger partial charge in [0.25, 0.3) is 0 Å². The zero-order chi connectivity index (χ0) is 72.9. The van der Waals surface area contributed by atoms with Gasteiger partial charge in [-0.15, -0.1) is 0 Å². The number of ether oxygens (including phenoxy) is 2. The van der Waals surface area contributed by atoms with E-state index in [2.05, 4.69) is 47.4 Å². The minimum Gasteiger partial charge on any atom is -0.480 e. The average Bonchev–Trinajstić information content (AvgIpc) is 0.881. The van der Waals surface area contributed by atoms with E-state index in [9.17, 15) is 43.5 Å². The Morgan fingerprint density at radius 3 is 0.899 bits per heavy atom. The van der Waals surface area contributed by atoms with E-state index < -0.39 is 65.9 Å². The zero-order valence-corrected chi connectivity index (χ0v) is 64.2. The van der Waals surface area contributed by atoms with Crippen LogP contribution in [0.5, 0.6) is 0 Å². The molecule has 21 heteroatoms. The first-order valence-electron chi connectivity index (χ1n) is 40.7. The molecule has 0 heterocycles. The molecule has 6 atom stereocenters. The van der Waals surface area contributed by atoms with E-state index in [1.807, 2.05) is 0 Å². The standard InChI is InChI=1S/C78H151N9O11S/c1-4-7-10-13-16-19-22-25-28-31-34-37-40-55-71(88)83-70(77(94)86-67(52-44-48-59-80)75(92)84-66(51-43-47-58-79)74(91)85-68(53-45-49-60-81)76(93)87-69(78(95)96)54-46-50-61-82)64-99-63-65(98-73(90)57-42-39-36-33-30-27-24-21-18-15-12-9-6-3)62-97-72(89)56-41-38-35-32-29-26-23-20-17-14-11-8-5-2/h65-70H,4-64,79-82H2,1-3H3,(H,83,88)(H,84,92)(H,85,91)(H,86,94)(H,87,93)(H,95,96)/t65?,66-,67-,68-,69-,70-/m0/s1. The summed E-state index contributed by atoms with van der Waals surface area (Å²) in [6.07, 6.45) is 50.1. The Morgan fingerprint density at radius 2 is 0.586 bits per heavy atom. The van der Waals surface area contributed by atoms with Crippen molar-refractivity contribution in [3.8, 4) is 0 Å². The highest BCUT2D eigenvalue weighted by molar-refractivity contribution is 7.99. The first kappa shape index (κ1) is 94.9. The fraction of sp³-hybridized carbons (Fsp3) is 0.897. The predicted octanol–water partition coefficient (Wildman–Crippen LogP) is 14.6. The van der Waals surface area contributed by atoms with Crippen molar-refractivity contribution in [2.45, 2.75) is 404 Å². The molecule has 20 nitrogen and oxygen atoms in total. The summed E-state index contributed by atoms with van der Waals surface area (Å²) >= 11 is 1.27. The van der Waals surface area contributed by atoms with Crippen LogP contribution in [-0.4, -0.2) is 133 Å². The molecule has 0 saturated carbocycles. The van der Waals surface area contributed by atoms with Crippen LogP contribution in [0.3, 0.4) is 0 Å². The van der Waals surface area contributed by atoms with Crippen molar-refractivity contribution in [1.82, 2.24) is 26.6 Å². The number of hydrogen-bond donors (Lipinski definition) is 10. The Balaban J connectivity index is 6.59. The smallest absolute Gasteiger partial charge is 0.326 e. The van der Waals surface area contributed by atoms with Crippen LogP contribution in [0.25, 0.3) is 0 Å². The second-order valence-electron chi connectivity index (χ2n) is 28.2. The van der Waals surface area contributed by atoms with Crippen molar-refractivity contribution in [2.24, 2.45) is 22.9 Å². The zero-order valence-electron chi connectivity index (χ0n) is 63.3. The molecule has 0 aromatic heterocycles. The highest BCUT2D eigenvalue weighted by atomic mass is 32.2. The molecule has 0 aliphatic rings. The Kier molecular flexibility index (Phi) is 68.1. The molecule has 0 fully saturated rings. The molecule has 0 aliphatic heterocycles. The number of esters is 2. The number of carbonyl (C=O) groups is 8. The monoisotopic (exact) mass is 1420 g/mol. The molecule has 0 radical (unpaired) electrons. The van der Waals surface area contributed by atoms with Crippen molar-refractivity contribution in [3.63, 3.8) is 0 Å². The highest BCUT2D eigenvalue weighted by Gasteiger charge is 2.33. The van der Waals surface area contributed by atoms with E-state index in [-0.39, 0.29) is 80.9 Å². The number of unbranched alkanes of at least 4 members (excludes halogenated alkanes) is 40. The van der Waals surface area contributed by atoms with Crippen LogP contribution >= 0.6 is 11.8 Å². The molecule has 0 aliphatic carbocycles. The summed E-state index contributed by atoms with van der Waals surface area (Å²) in [5.74, 6) is -4.74. The molecule has 0 spiro atoms. The lowest BCUT2D eigenvalue weighted by atomic mass is 10.0. The molecule has 0 aromatic carbocycles. The molecule has 0 bridgehead atoms. The minimum absolute atomic E-state index is 0.0284. The lowest BCUT2D eigenvalue weighted by Crippen LogP contribution is -2.59. The molecule has 0 saturated heterocycles. The number of aliphatic carboxylic acids is 1. The molecule has 5 amide bonds. The van der Waals surface area contributed by atoms with Crippen molar-refractivity contribution >= 4 is 59.2 Å². The normalized spacial score (nSPS) is 13.2. The van der Waals surface area contributed by atoms with E-state index in [1.54, 1.807) is 0 Å². The van der Waals surface area contributed by atoms with Gasteiger partial charge in [0, 0.05) is 30.8 Å². The fourth-order valence-electron chi connectivity index (χ4n) is 12.4. The molecule has 1 unspecified atom stereocenters. The van der Waals surface area contributed by atoms with Gasteiger partial charge in [-0.2, -0.15) is 11.8 Å². The lowest BCUT2D eigenvalue weighted by Gasteiger charge is -2.27. The largest absolute Gasteiger partial charge is 0.480 e. The number of carboxylic acids is 1. The summed E-state index contributed by atoms with van der Waals surface area (Å²) in [5, 5.41) is 24.1. The first-order chi connectivity index (χ1) is 48.2. The minimum atomic E-state index is -1.22. The van der Waals surface area contributed by atoms with Crippen molar-refractivity contribution in [3.05, 3.63) is 0 Å². The Bertz CT molecular complexity index is 1980. The van der Waals surface area contributed by atoms with Gasteiger partial charge in [0.05, 0.1) is 0 Å². The predicted molar refractivity (Wildman–Crippen MR) is 408 cm³/mol. The molecule has 99 heavy (non-hydrogen) atoms. The van der Waals surface area contributed by atoms with Gasteiger partial charge in [-0.3, -0.25) is 33.6 Å². The third-order valence-electron chi connectivity index (χ3n) is 18.7. The maximum atomic E-state index is 14.8. The maximum Gasteiger partial charge on any atom is 0.326 e. The van der Waals surface area contributed by atoms with E-state index in [4.69, 9.17) is 32.4 Å². The van der Waals surface area contributed by atoms with Crippen LogP contribution in [0.2, 0.25) is 0 Å². The SMILES string of the molecule is CCCCCCCCCCCCCCCC(=O)N[C@@H](CSCC(COC(=O)CCCCCCCCCCCCCCC)OC(=O)CCCCCCCCCCCCCCC)C(=O)N[C@@H](CCCCN)C(=O)N[C@@H](CCCCN)C(=O)N[C@@H](CCCCN)C(=O)N[C@@H](CCCCN)C(=O)O. The van der Waals surface area contributed by atoms with Crippen molar-refractivity contribution < 1.29 is 52.9 Å². The third-order valence-corrected chi connectivity index (χ3v) is 19.9. The van der Waals surface area contributed by atoms with E-state index in [0.29, 0.717) is 96.8 Å². The van der Waals surface area contributed by atoms with Gasteiger partial charge in [0.1, 0.15) is 42.9 Å². The van der Waals surface area contributed by atoms with Gasteiger partial charge in [-0.25, -0.2) is 4.79 Å². The summed E-state index contributed by atoms with van der Waals surface area (Å²) in [6, 6.07) is -5.86. The van der Waals surface area contributed by atoms with Crippen LogP contribution in [0.15, 0.2) is 0 Å². The fourth-order valence-corrected chi connectivity index (χ4v) is 13.4. The van der Waals surface area contributed by atoms with Crippen molar-refractivity contribution in [2.75, 3.05) is 44.3 Å². The van der Waals surface area contributed by atoms with Gasteiger partial charge < -0.3 is 64.1 Å². The number of hydrogen-bond acceptors (Lipinski definition) is 15. The quantitative estimate of drug-likeness (QED) is 0.0200. The van der Waals surface area contributed by atoms with Gasteiger partial charge in [-0.05, 0) is 122 Å². The summed E-state index contributed by atoms with van der Waals surface area (Å²) in [5.41, 5.74) is 23.2. The van der Waals surface area contributed by atoms with E-state index in [0.717, 1.165) is 64.2 Å². The maximum absolute atomic E-state index is 14.8. The van der Waals surface area contributed by atoms with Crippen LogP contribution < -0.4 is 49.5 Å². The summed E-state index contributed by atoms with van der Waals surface area (Å²) < 4.78 is 11.9. The first-order valence-corrected chi connectivity index (χ1v) is 41.8. The lowest BCUT2D eigenvalue weighted by molar-refractivity contribution is -0.157. The van der Waals surface area contributed by atoms with Gasteiger partial charge >= 0.3 is 17.9 Å². The third kappa shape index (κ3) is 59.1. The van der Waals surface area contributed by atoms with Crippen LogP contribution in [0.1, 0.15) is 367 Å². The van der Waals surface area contributed by atoms with Gasteiger partial charge in [0.2, 0.25) is 29.5 Å². The Labute approximate surface area is 606 Å². The second-order valence-corrected chi connectivity index (χ2v) is 29.2. The summed E-state index contributed by atoms with van der Waals surface area (Å²) in [7, 11) is 0. The topological polar surface area (TPSA) is 339 Å². The number of rotatable bonds is 75. The molecular weight excluding hydrogens is 1270 g/mol. The average molecular weight is 1420 g/mol. The van der Waals surface area contributed by atoms with Crippen molar-refractivity contribution in [1.29, 1.82) is 0 Å². The number of thioether (sulfide) groups is 1.